The van der Waals surface area contributed by atoms with E-state index in [0.717, 1.165) is 19.2 Å². The average molecular weight is 236 g/mol. The number of nitrogens with one attached hydrogen (secondary N) is 2. The minimum atomic E-state index is -3.02. The summed E-state index contributed by atoms with van der Waals surface area (Å²) in [5.74, 6) is -0.105. The predicted octanol–water partition coefficient (Wildman–Crippen LogP) is -0.465. The summed E-state index contributed by atoms with van der Waals surface area (Å²) >= 11 is 0. The first-order chi connectivity index (χ1) is 6.85. The number of amides is 1. The lowest BCUT2D eigenvalue weighted by Crippen LogP contribution is -2.37. The van der Waals surface area contributed by atoms with E-state index in [9.17, 15) is 13.2 Å². The van der Waals surface area contributed by atoms with Crippen LogP contribution in [0.5, 0.6) is 0 Å². The molecule has 15 heavy (non-hydrogen) atoms. The molecule has 0 saturated carbocycles. The van der Waals surface area contributed by atoms with E-state index >= 15 is 0 Å². The first-order valence-corrected chi connectivity index (χ1v) is 7.03. The molecule has 1 unspecified atom stereocenters. The van der Waals surface area contributed by atoms with Gasteiger partial charge in [-0.1, -0.05) is 0 Å². The zero-order valence-electron chi connectivity index (χ0n) is 9.54. The third kappa shape index (κ3) is 9.68. The van der Waals surface area contributed by atoms with Gasteiger partial charge in [-0.2, -0.15) is 0 Å². The summed E-state index contributed by atoms with van der Waals surface area (Å²) in [6.07, 6.45) is 2.35. The van der Waals surface area contributed by atoms with E-state index in [-0.39, 0.29) is 17.7 Å². The largest absolute Gasteiger partial charge is 0.353 e. The van der Waals surface area contributed by atoms with E-state index in [1.54, 1.807) is 6.92 Å². The average Bonchev–Trinajstić information content (AvgIpc) is 2.00. The molecule has 0 heterocycles. The molecular formula is C9H20N2O3S. The van der Waals surface area contributed by atoms with Crippen molar-refractivity contribution in [3.05, 3.63) is 0 Å². The van der Waals surface area contributed by atoms with Crippen molar-refractivity contribution in [1.29, 1.82) is 0 Å². The summed E-state index contributed by atoms with van der Waals surface area (Å²) in [6, 6.07) is -0.318. The van der Waals surface area contributed by atoms with Crippen LogP contribution < -0.4 is 10.6 Å². The van der Waals surface area contributed by atoms with E-state index in [4.69, 9.17) is 0 Å². The Balaban J connectivity index is 3.77. The number of rotatable bonds is 7. The summed E-state index contributed by atoms with van der Waals surface area (Å²) in [5, 5.41) is 5.59. The van der Waals surface area contributed by atoms with Gasteiger partial charge in [0.1, 0.15) is 9.84 Å². The SMILES string of the molecule is CNCCCC(=O)NC(C)CS(C)(=O)=O. The predicted molar refractivity (Wildman–Crippen MR) is 60.5 cm³/mol. The molecule has 0 rings (SSSR count). The normalized spacial score (nSPS) is 13.5. The molecule has 0 spiro atoms. The van der Waals surface area contributed by atoms with Gasteiger partial charge in [-0.05, 0) is 26.9 Å². The van der Waals surface area contributed by atoms with E-state index in [1.165, 1.54) is 0 Å². The summed E-state index contributed by atoms with van der Waals surface area (Å²) in [6.45, 7) is 2.48. The van der Waals surface area contributed by atoms with Gasteiger partial charge in [0.15, 0.2) is 0 Å². The number of sulfone groups is 1. The fourth-order valence-electron chi connectivity index (χ4n) is 1.27. The second-order valence-corrected chi connectivity index (χ2v) is 5.95. The Bertz CT molecular complexity index is 288. The molecular weight excluding hydrogens is 216 g/mol. The summed E-state index contributed by atoms with van der Waals surface area (Å²) in [7, 11) is -1.20. The molecule has 0 aromatic rings. The highest BCUT2D eigenvalue weighted by atomic mass is 32.2. The molecule has 1 atom stereocenters. The van der Waals surface area contributed by atoms with Crippen molar-refractivity contribution in [1.82, 2.24) is 10.6 Å². The molecule has 0 radical (unpaired) electrons. The van der Waals surface area contributed by atoms with Crippen LogP contribution in [0.4, 0.5) is 0 Å². The van der Waals surface area contributed by atoms with Crippen LogP contribution in [0.3, 0.4) is 0 Å². The first kappa shape index (κ1) is 14.4. The highest BCUT2D eigenvalue weighted by Crippen LogP contribution is 1.93. The van der Waals surface area contributed by atoms with Crippen LogP contribution in [0.25, 0.3) is 0 Å². The molecule has 0 saturated heterocycles. The van der Waals surface area contributed by atoms with Crippen LogP contribution in [0, 0.1) is 0 Å². The zero-order valence-corrected chi connectivity index (χ0v) is 10.4. The lowest BCUT2D eigenvalue weighted by Gasteiger charge is -2.12. The van der Waals surface area contributed by atoms with Gasteiger partial charge in [-0.15, -0.1) is 0 Å². The van der Waals surface area contributed by atoms with E-state index < -0.39 is 9.84 Å². The number of carbonyl (C=O) groups is 1. The van der Waals surface area contributed by atoms with E-state index in [1.807, 2.05) is 7.05 Å². The van der Waals surface area contributed by atoms with Crippen molar-refractivity contribution in [2.45, 2.75) is 25.8 Å². The fraction of sp³-hybridized carbons (Fsp3) is 0.889. The Kier molecular flexibility index (Phi) is 6.51. The van der Waals surface area contributed by atoms with Gasteiger partial charge in [-0.3, -0.25) is 4.79 Å². The van der Waals surface area contributed by atoms with Crippen LogP contribution >= 0.6 is 0 Å². The Morgan fingerprint density at radius 3 is 2.47 bits per heavy atom. The highest BCUT2D eigenvalue weighted by molar-refractivity contribution is 7.90. The zero-order chi connectivity index (χ0) is 11.9. The van der Waals surface area contributed by atoms with Crippen molar-refractivity contribution in [3.8, 4) is 0 Å². The maximum atomic E-state index is 11.3. The van der Waals surface area contributed by atoms with Crippen molar-refractivity contribution in [3.63, 3.8) is 0 Å². The third-order valence-electron chi connectivity index (χ3n) is 1.79. The standard InChI is InChI=1S/C9H20N2O3S/c1-8(7-15(3,13)14)11-9(12)5-4-6-10-2/h8,10H,4-7H2,1-3H3,(H,11,12). The summed E-state index contributed by atoms with van der Waals surface area (Å²) < 4.78 is 21.8. The highest BCUT2D eigenvalue weighted by Gasteiger charge is 2.12. The van der Waals surface area contributed by atoms with Gasteiger partial charge >= 0.3 is 0 Å². The molecule has 0 aliphatic heterocycles. The molecule has 5 nitrogen and oxygen atoms in total. The van der Waals surface area contributed by atoms with Crippen LogP contribution in [0.1, 0.15) is 19.8 Å². The molecule has 0 fully saturated rings. The molecule has 6 heteroatoms. The van der Waals surface area contributed by atoms with Crippen LogP contribution in [-0.4, -0.2) is 46.0 Å². The van der Waals surface area contributed by atoms with Crippen LogP contribution in [-0.2, 0) is 14.6 Å². The van der Waals surface area contributed by atoms with Crippen molar-refractivity contribution in [2.24, 2.45) is 0 Å². The molecule has 0 aliphatic rings. The number of carbonyl (C=O) groups excluding carboxylic acids is 1. The second-order valence-electron chi connectivity index (χ2n) is 3.77. The maximum Gasteiger partial charge on any atom is 0.220 e. The topological polar surface area (TPSA) is 75.3 Å². The lowest BCUT2D eigenvalue weighted by molar-refractivity contribution is -0.121. The van der Waals surface area contributed by atoms with Gasteiger partial charge in [0.25, 0.3) is 0 Å². The van der Waals surface area contributed by atoms with E-state index in [2.05, 4.69) is 10.6 Å². The van der Waals surface area contributed by atoms with Gasteiger partial charge in [0.05, 0.1) is 5.75 Å². The summed E-state index contributed by atoms with van der Waals surface area (Å²) in [5.41, 5.74) is 0. The van der Waals surface area contributed by atoms with Crippen molar-refractivity contribution in [2.75, 3.05) is 25.6 Å². The maximum absolute atomic E-state index is 11.3. The Labute approximate surface area is 91.5 Å². The second kappa shape index (κ2) is 6.79. The van der Waals surface area contributed by atoms with Gasteiger partial charge in [-0.25, -0.2) is 8.42 Å². The van der Waals surface area contributed by atoms with Crippen molar-refractivity contribution < 1.29 is 13.2 Å². The molecule has 0 aromatic carbocycles. The Morgan fingerprint density at radius 1 is 1.40 bits per heavy atom. The van der Waals surface area contributed by atoms with Gasteiger partial charge < -0.3 is 10.6 Å². The number of hydrogen-bond acceptors (Lipinski definition) is 4. The first-order valence-electron chi connectivity index (χ1n) is 4.97. The van der Waals surface area contributed by atoms with Gasteiger partial charge in [0.2, 0.25) is 5.91 Å². The van der Waals surface area contributed by atoms with Crippen LogP contribution in [0.2, 0.25) is 0 Å². The minimum Gasteiger partial charge on any atom is -0.353 e. The lowest BCUT2D eigenvalue weighted by atomic mass is 10.2. The van der Waals surface area contributed by atoms with Crippen molar-refractivity contribution >= 4 is 15.7 Å². The smallest absolute Gasteiger partial charge is 0.220 e. The van der Waals surface area contributed by atoms with Crippen LogP contribution in [0.15, 0.2) is 0 Å². The Hall–Kier alpha value is -0.620. The quantitative estimate of drug-likeness (QED) is 0.586. The number of hydrogen-bond donors (Lipinski definition) is 2. The molecule has 0 aliphatic carbocycles. The molecule has 90 valence electrons. The monoisotopic (exact) mass is 236 g/mol. The molecule has 0 aromatic heterocycles. The Morgan fingerprint density at radius 2 is 2.00 bits per heavy atom. The minimum absolute atomic E-state index is 0.00916. The summed E-state index contributed by atoms with van der Waals surface area (Å²) in [4.78, 5) is 11.3. The molecule has 2 N–H and O–H groups in total. The fourth-order valence-corrected chi connectivity index (χ4v) is 2.26. The van der Waals surface area contributed by atoms with E-state index in [0.29, 0.717) is 6.42 Å². The third-order valence-corrected chi connectivity index (χ3v) is 2.90. The molecule has 0 bridgehead atoms. The van der Waals surface area contributed by atoms with Gasteiger partial charge in [0, 0.05) is 18.7 Å². The molecule has 1 amide bonds.